The number of benzene rings is 1. The highest BCUT2D eigenvalue weighted by molar-refractivity contribution is 6.04. The summed E-state index contributed by atoms with van der Waals surface area (Å²) in [5, 5.41) is 11.5. The second kappa shape index (κ2) is 5.86. The van der Waals surface area contributed by atoms with Crippen LogP contribution < -0.4 is 10.1 Å². The van der Waals surface area contributed by atoms with Gasteiger partial charge in [0.25, 0.3) is 0 Å². The van der Waals surface area contributed by atoms with Crippen LogP contribution in [-0.2, 0) is 4.79 Å². The van der Waals surface area contributed by atoms with Crippen LogP contribution in [0.2, 0.25) is 0 Å². The van der Waals surface area contributed by atoms with E-state index in [9.17, 15) is 9.59 Å². The molecule has 96 valence electrons. The third-order valence-corrected chi connectivity index (χ3v) is 2.13. The molecule has 18 heavy (non-hydrogen) atoms. The van der Waals surface area contributed by atoms with Gasteiger partial charge in [-0.25, -0.2) is 4.79 Å². The quantitative estimate of drug-likeness (QED) is 0.803. The lowest BCUT2D eigenvalue weighted by Crippen LogP contribution is -2.12. The number of carbonyl (C=O) groups is 2. The molecule has 0 spiro atoms. The zero-order valence-electron chi connectivity index (χ0n) is 10.5. The topological polar surface area (TPSA) is 75.6 Å². The summed E-state index contributed by atoms with van der Waals surface area (Å²) < 4.78 is 4.99. The average Bonchev–Trinajstić information content (AvgIpc) is 2.27. The first-order chi connectivity index (χ1) is 8.43. The van der Waals surface area contributed by atoms with Crippen molar-refractivity contribution in [2.75, 3.05) is 12.4 Å². The van der Waals surface area contributed by atoms with Crippen LogP contribution in [0.3, 0.4) is 0 Å². The third kappa shape index (κ3) is 3.62. The van der Waals surface area contributed by atoms with E-state index in [2.05, 4.69) is 5.32 Å². The molecular formula is C13H15NO4. The number of carbonyl (C=O) groups excluding carboxylic acids is 1. The minimum absolute atomic E-state index is 0.0197. The first-order valence-corrected chi connectivity index (χ1v) is 5.31. The SMILES string of the molecule is COc1ccc(C(=O)O)c(NC(=O)C=C(C)C)c1. The number of hydrogen-bond donors (Lipinski definition) is 2. The van der Waals surface area contributed by atoms with Gasteiger partial charge >= 0.3 is 5.97 Å². The monoisotopic (exact) mass is 249 g/mol. The Morgan fingerprint density at radius 2 is 2.00 bits per heavy atom. The number of allylic oxidation sites excluding steroid dienone is 1. The maximum Gasteiger partial charge on any atom is 0.337 e. The summed E-state index contributed by atoms with van der Waals surface area (Å²) in [5.74, 6) is -0.997. The molecule has 5 nitrogen and oxygen atoms in total. The van der Waals surface area contributed by atoms with Gasteiger partial charge in [-0.1, -0.05) is 5.57 Å². The first kappa shape index (κ1) is 13.8. The largest absolute Gasteiger partial charge is 0.497 e. The zero-order chi connectivity index (χ0) is 13.7. The van der Waals surface area contributed by atoms with E-state index < -0.39 is 5.97 Å². The summed E-state index contributed by atoms with van der Waals surface area (Å²) >= 11 is 0. The van der Waals surface area contributed by atoms with Gasteiger partial charge in [0.1, 0.15) is 5.75 Å². The molecule has 0 aromatic heterocycles. The summed E-state index contributed by atoms with van der Waals surface area (Å²) in [6.45, 7) is 3.56. The number of carboxylic acid groups (broad SMARTS) is 1. The van der Waals surface area contributed by atoms with Gasteiger partial charge in [-0.3, -0.25) is 4.79 Å². The maximum atomic E-state index is 11.6. The van der Waals surface area contributed by atoms with Crippen molar-refractivity contribution >= 4 is 17.6 Å². The van der Waals surface area contributed by atoms with Gasteiger partial charge in [0, 0.05) is 12.1 Å². The van der Waals surface area contributed by atoms with Crippen molar-refractivity contribution in [2.24, 2.45) is 0 Å². The van der Waals surface area contributed by atoms with Crippen molar-refractivity contribution in [1.29, 1.82) is 0 Å². The highest BCUT2D eigenvalue weighted by Crippen LogP contribution is 2.22. The third-order valence-electron chi connectivity index (χ3n) is 2.13. The summed E-state index contributed by atoms with van der Waals surface area (Å²) in [6.07, 6.45) is 1.39. The zero-order valence-corrected chi connectivity index (χ0v) is 10.5. The lowest BCUT2D eigenvalue weighted by molar-refractivity contribution is -0.111. The Balaban J connectivity index is 3.08. The van der Waals surface area contributed by atoms with Gasteiger partial charge < -0.3 is 15.2 Å². The van der Waals surface area contributed by atoms with Gasteiger partial charge in [-0.05, 0) is 26.0 Å². The van der Waals surface area contributed by atoms with E-state index >= 15 is 0 Å². The van der Waals surface area contributed by atoms with Crippen LogP contribution in [-0.4, -0.2) is 24.1 Å². The van der Waals surface area contributed by atoms with Crippen molar-refractivity contribution in [3.8, 4) is 5.75 Å². The predicted molar refractivity (Wildman–Crippen MR) is 68.0 cm³/mol. The number of ether oxygens (including phenoxy) is 1. The Kier molecular flexibility index (Phi) is 4.48. The molecule has 1 amide bonds. The van der Waals surface area contributed by atoms with Gasteiger partial charge in [-0.2, -0.15) is 0 Å². The van der Waals surface area contributed by atoms with Crippen LogP contribution in [0.15, 0.2) is 29.8 Å². The normalized spacial score (nSPS) is 9.50. The fourth-order valence-corrected chi connectivity index (χ4v) is 1.37. The highest BCUT2D eigenvalue weighted by atomic mass is 16.5. The van der Waals surface area contributed by atoms with E-state index in [-0.39, 0.29) is 17.2 Å². The van der Waals surface area contributed by atoms with Crippen molar-refractivity contribution < 1.29 is 19.4 Å². The number of rotatable bonds is 4. The Morgan fingerprint density at radius 1 is 1.33 bits per heavy atom. The summed E-state index contributed by atoms with van der Waals surface area (Å²) in [4.78, 5) is 22.6. The summed E-state index contributed by atoms with van der Waals surface area (Å²) in [5.41, 5.74) is 1.06. The fraction of sp³-hybridized carbons (Fsp3) is 0.231. The van der Waals surface area contributed by atoms with E-state index in [1.807, 2.05) is 0 Å². The van der Waals surface area contributed by atoms with Gasteiger partial charge in [0.05, 0.1) is 18.4 Å². The molecule has 0 heterocycles. The molecule has 1 aromatic carbocycles. The molecule has 0 fully saturated rings. The molecule has 0 unspecified atom stereocenters. The standard InChI is InChI=1S/C13H15NO4/c1-8(2)6-12(15)14-11-7-9(18-3)4-5-10(11)13(16)17/h4-7H,1-3H3,(H,14,15)(H,16,17). The number of methoxy groups -OCH3 is 1. The second-order valence-corrected chi connectivity index (χ2v) is 3.93. The molecule has 0 aliphatic carbocycles. The van der Waals surface area contributed by atoms with Gasteiger partial charge in [0.2, 0.25) is 5.91 Å². The highest BCUT2D eigenvalue weighted by Gasteiger charge is 2.12. The minimum atomic E-state index is -1.11. The van der Waals surface area contributed by atoms with E-state index in [1.54, 1.807) is 13.8 Å². The maximum absolute atomic E-state index is 11.6. The average molecular weight is 249 g/mol. The molecule has 1 aromatic rings. The van der Waals surface area contributed by atoms with Crippen LogP contribution in [0.1, 0.15) is 24.2 Å². The Labute approximate surface area is 105 Å². The molecule has 0 saturated heterocycles. The lowest BCUT2D eigenvalue weighted by Gasteiger charge is -2.09. The molecule has 0 aliphatic heterocycles. The minimum Gasteiger partial charge on any atom is -0.497 e. The number of aromatic carboxylic acids is 1. The fourth-order valence-electron chi connectivity index (χ4n) is 1.37. The molecule has 5 heteroatoms. The van der Waals surface area contributed by atoms with Crippen LogP contribution in [0.4, 0.5) is 5.69 Å². The smallest absolute Gasteiger partial charge is 0.337 e. The number of amides is 1. The molecule has 0 aliphatic rings. The Bertz CT molecular complexity index is 502. The number of anilines is 1. The van der Waals surface area contributed by atoms with Crippen LogP contribution >= 0.6 is 0 Å². The molecule has 1 rings (SSSR count). The van der Waals surface area contributed by atoms with E-state index in [0.717, 1.165) is 5.57 Å². The molecule has 0 radical (unpaired) electrons. The van der Waals surface area contributed by atoms with Crippen molar-refractivity contribution in [2.45, 2.75) is 13.8 Å². The first-order valence-electron chi connectivity index (χ1n) is 5.31. The second-order valence-electron chi connectivity index (χ2n) is 3.93. The van der Waals surface area contributed by atoms with E-state index in [1.165, 1.54) is 31.4 Å². The summed E-state index contributed by atoms with van der Waals surface area (Å²) in [7, 11) is 1.47. The van der Waals surface area contributed by atoms with Crippen molar-refractivity contribution in [3.05, 3.63) is 35.4 Å². The Morgan fingerprint density at radius 3 is 2.50 bits per heavy atom. The molecule has 0 saturated carbocycles. The number of nitrogens with one attached hydrogen (secondary N) is 1. The van der Waals surface area contributed by atoms with E-state index in [4.69, 9.17) is 9.84 Å². The molecule has 2 N–H and O–H groups in total. The Hall–Kier alpha value is -2.30. The van der Waals surface area contributed by atoms with Gasteiger partial charge in [-0.15, -0.1) is 0 Å². The molecule has 0 bridgehead atoms. The van der Waals surface area contributed by atoms with Crippen molar-refractivity contribution in [1.82, 2.24) is 0 Å². The van der Waals surface area contributed by atoms with Crippen LogP contribution in [0, 0.1) is 0 Å². The van der Waals surface area contributed by atoms with Gasteiger partial charge in [0.15, 0.2) is 0 Å². The van der Waals surface area contributed by atoms with Crippen molar-refractivity contribution in [3.63, 3.8) is 0 Å². The van der Waals surface area contributed by atoms with Crippen LogP contribution in [0.25, 0.3) is 0 Å². The number of hydrogen-bond acceptors (Lipinski definition) is 3. The van der Waals surface area contributed by atoms with E-state index in [0.29, 0.717) is 5.75 Å². The molecular weight excluding hydrogens is 234 g/mol. The summed E-state index contributed by atoms with van der Waals surface area (Å²) in [6, 6.07) is 4.39. The predicted octanol–water partition coefficient (Wildman–Crippen LogP) is 2.30. The van der Waals surface area contributed by atoms with Crippen LogP contribution in [0.5, 0.6) is 5.75 Å². The molecule has 0 atom stereocenters. The number of carboxylic acids is 1. The lowest BCUT2D eigenvalue weighted by atomic mass is 10.1.